The van der Waals surface area contributed by atoms with E-state index in [2.05, 4.69) is 40.0 Å². The fraction of sp³-hybridized carbons (Fsp3) is 0.915. The Hall–Kier alpha value is -1.61. The van der Waals surface area contributed by atoms with Crippen LogP contribution in [0.3, 0.4) is 0 Å². The Labute approximate surface area is 366 Å². The minimum atomic E-state index is -3.92. The standard InChI is InChI=1S/C46H87N3O6.CH4O3S/c1-7-9-11-13-15-17-19-21-23-25-27-29-31-33-35-52-46(53-36-34-32-30-28-26-24-22-20-18-16-14-12-10-8-2)55-41-37-43(54-42(41)39-49(4,5)6)48-38-40(3)44(50)47-45(48)51;1-5(2,3)4/h38,41-43,46H,7-37,39H2,1-6H3;1H3,(H,2,3,4)/t41?,42-,43-;/m1./s1. The summed E-state index contributed by atoms with van der Waals surface area (Å²) in [6, 6.07) is 0. The third-order valence-electron chi connectivity index (χ3n) is 11.2. The van der Waals surface area contributed by atoms with E-state index in [1.165, 1.54) is 159 Å². The first-order valence-electron chi connectivity index (χ1n) is 24.2. The van der Waals surface area contributed by atoms with Gasteiger partial charge in [0.05, 0.1) is 50.6 Å². The number of aryl methyl sites for hydroxylation is 1. The molecule has 60 heavy (non-hydrogen) atoms. The number of ether oxygens (including phenoxy) is 4. The minimum absolute atomic E-state index is 0.263. The molecule has 1 saturated heterocycles. The summed E-state index contributed by atoms with van der Waals surface area (Å²) in [5.74, 6) is 0. The first-order chi connectivity index (χ1) is 28.6. The van der Waals surface area contributed by atoms with Crippen molar-refractivity contribution in [3.63, 3.8) is 0 Å². The highest BCUT2D eigenvalue weighted by Crippen LogP contribution is 2.32. The Morgan fingerprint density at radius 2 is 1.05 bits per heavy atom. The molecule has 0 amide bonds. The lowest BCUT2D eigenvalue weighted by Crippen LogP contribution is -2.46. The molecule has 1 aliphatic rings. The van der Waals surface area contributed by atoms with Gasteiger partial charge in [0.1, 0.15) is 18.9 Å². The number of aromatic amines is 1. The molecule has 3 atom stereocenters. The van der Waals surface area contributed by atoms with Crippen molar-refractivity contribution in [1.29, 1.82) is 0 Å². The molecule has 13 heteroatoms. The van der Waals surface area contributed by atoms with E-state index in [-0.39, 0.29) is 17.8 Å². The molecule has 0 spiro atoms. The van der Waals surface area contributed by atoms with Gasteiger partial charge in [-0.2, -0.15) is 0 Å². The molecular formula is C47H91N3O9S. The molecule has 2 heterocycles. The molecule has 0 saturated carbocycles. The third-order valence-corrected chi connectivity index (χ3v) is 11.2. The summed E-state index contributed by atoms with van der Waals surface area (Å²) in [6.45, 7) is 7.38. The maximum atomic E-state index is 12.8. The molecule has 12 nitrogen and oxygen atoms in total. The van der Waals surface area contributed by atoms with Gasteiger partial charge in [0, 0.05) is 24.4 Å². The summed E-state index contributed by atoms with van der Waals surface area (Å²) in [5.41, 5.74) is -0.365. The van der Waals surface area contributed by atoms with Gasteiger partial charge in [-0.15, -0.1) is 0 Å². The number of hydrogen-bond acceptors (Lipinski definition) is 9. The van der Waals surface area contributed by atoms with Gasteiger partial charge in [0.15, 0.2) is 0 Å². The minimum Gasteiger partial charge on any atom is -0.748 e. The van der Waals surface area contributed by atoms with Crippen LogP contribution in [-0.4, -0.2) is 92.8 Å². The number of quaternary nitrogens is 1. The van der Waals surface area contributed by atoms with Crippen LogP contribution < -0.4 is 11.2 Å². The van der Waals surface area contributed by atoms with Crippen LogP contribution in [0.4, 0.5) is 0 Å². The fourth-order valence-corrected chi connectivity index (χ4v) is 7.74. The molecule has 0 aromatic carbocycles. The van der Waals surface area contributed by atoms with Gasteiger partial charge in [-0.25, -0.2) is 13.2 Å². The van der Waals surface area contributed by atoms with Crippen LogP contribution in [0.15, 0.2) is 15.8 Å². The first-order valence-corrected chi connectivity index (χ1v) is 26.0. The van der Waals surface area contributed by atoms with Crippen molar-refractivity contribution < 1.29 is 36.4 Å². The second-order valence-corrected chi connectivity index (χ2v) is 19.8. The average molecular weight is 874 g/mol. The number of nitrogens with zero attached hydrogens (tertiary/aromatic N) is 2. The zero-order valence-electron chi connectivity index (χ0n) is 39.5. The van der Waals surface area contributed by atoms with Gasteiger partial charge in [-0.1, -0.05) is 181 Å². The largest absolute Gasteiger partial charge is 0.748 e. The Balaban J connectivity index is 0.00000338. The number of likely N-dealkylation sites (N-methyl/N-ethyl adjacent to an activating group) is 1. The third kappa shape index (κ3) is 32.1. The number of H-pyrrole nitrogens is 1. The highest BCUT2D eigenvalue weighted by Gasteiger charge is 2.42. The average Bonchev–Trinajstić information content (AvgIpc) is 3.55. The zero-order valence-corrected chi connectivity index (χ0v) is 40.3. The van der Waals surface area contributed by atoms with Gasteiger partial charge in [0.2, 0.25) is 0 Å². The van der Waals surface area contributed by atoms with E-state index in [1.807, 2.05) is 0 Å². The van der Waals surface area contributed by atoms with Crippen molar-refractivity contribution in [2.45, 2.75) is 232 Å². The SMILES string of the molecule is CCCCCCCCCCCCCCCCOC(OCCCCCCCCCCCCCCCC)OC1C[C@H](n2cc(C)c(=O)[nH]c2=O)O[C@@H]1C[N+](C)(C)C.CS(=O)(=O)[O-]. The molecule has 0 bridgehead atoms. The molecule has 0 radical (unpaired) electrons. The normalized spacial score (nSPS) is 17.1. The van der Waals surface area contributed by atoms with Crippen LogP contribution >= 0.6 is 0 Å². The van der Waals surface area contributed by atoms with Crippen molar-refractivity contribution in [3.05, 3.63) is 32.6 Å². The van der Waals surface area contributed by atoms with Crippen LogP contribution in [0, 0.1) is 6.92 Å². The number of rotatable bonds is 37. The Morgan fingerprint density at radius 3 is 1.40 bits per heavy atom. The molecule has 1 fully saturated rings. The maximum absolute atomic E-state index is 12.8. The summed E-state index contributed by atoms with van der Waals surface area (Å²) in [6.07, 6.45) is 38.5. The molecule has 1 aliphatic heterocycles. The number of nitrogens with one attached hydrogen (secondary N) is 1. The van der Waals surface area contributed by atoms with Crippen LogP contribution in [-0.2, 0) is 29.1 Å². The molecule has 1 aromatic rings. The summed E-state index contributed by atoms with van der Waals surface area (Å²) in [4.78, 5) is 27.3. The van der Waals surface area contributed by atoms with E-state index in [1.54, 1.807) is 13.1 Å². The fourth-order valence-electron chi connectivity index (χ4n) is 7.74. The quantitative estimate of drug-likeness (QED) is 0.0298. The van der Waals surface area contributed by atoms with Crippen molar-refractivity contribution in [1.82, 2.24) is 9.55 Å². The van der Waals surface area contributed by atoms with Crippen molar-refractivity contribution in [2.75, 3.05) is 47.2 Å². The second kappa shape index (κ2) is 34.8. The zero-order chi connectivity index (χ0) is 44.5. The van der Waals surface area contributed by atoms with E-state index < -0.39 is 28.5 Å². The van der Waals surface area contributed by atoms with Crippen molar-refractivity contribution in [2.24, 2.45) is 0 Å². The molecular weight excluding hydrogens is 783 g/mol. The molecule has 1 aromatic heterocycles. The summed E-state index contributed by atoms with van der Waals surface area (Å²) in [5, 5.41) is 0. The van der Waals surface area contributed by atoms with Crippen LogP contribution in [0.5, 0.6) is 0 Å². The Morgan fingerprint density at radius 1 is 0.700 bits per heavy atom. The monoisotopic (exact) mass is 874 g/mol. The van der Waals surface area contributed by atoms with Crippen LogP contribution in [0.2, 0.25) is 0 Å². The summed E-state index contributed by atoms with van der Waals surface area (Å²) in [7, 11) is 2.46. The lowest BCUT2D eigenvalue weighted by Gasteiger charge is -2.31. The molecule has 354 valence electrons. The van der Waals surface area contributed by atoms with E-state index in [0.29, 0.717) is 42.5 Å². The van der Waals surface area contributed by atoms with Gasteiger partial charge < -0.3 is 28.0 Å². The van der Waals surface area contributed by atoms with Gasteiger partial charge in [0.25, 0.3) is 12.0 Å². The maximum Gasteiger partial charge on any atom is 0.330 e. The molecule has 1 N–H and O–H groups in total. The number of unbranched alkanes of at least 4 members (excludes halogenated alkanes) is 26. The Bertz CT molecular complexity index is 1350. The second-order valence-electron chi connectivity index (χ2n) is 18.4. The molecule has 0 aliphatic carbocycles. The predicted octanol–water partition coefficient (Wildman–Crippen LogP) is 10.7. The first kappa shape index (κ1) is 56.4. The van der Waals surface area contributed by atoms with Crippen LogP contribution in [0.1, 0.15) is 212 Å². The topological polar surface area (TPSA) is 149 Å². The number of hydrogen-bond donors (Lipinski definition) is 1. The van der Waals surface area contributed by atoms with Crippen molar-refractivity contribution >= 4 is 10.1 Å². The summed E-state index contributed by atoms with van der Waals surface area (Å²) < 4.78 is 55.0. The van der Waals surface area contributed by atoms with Gasteiger partial charge >= 0.3 is 5.69 Å². The van der Waals surface area contributed by atoms with Gasteiger partial charge in [-0.3, -0.25) is 14.3 Å². The summed E-state index contributed by atoms with van der Waals surface area (Å²) >= 11 is 0. The van der Waals surface area contributed by atoms with Crippen LogP contribution in [0.25, 0.3) is 0 Å². The smallest absolute Gasteiger partial charge is 0.330 e. The highest BCUT2D eigenvalue weighted by atomic mass is 32.2. The lowest BCUT2D eigenvalue weighted by molar-refractivity contribution is -0.874. The highest BCUT2D eigenvalue weighted by molar-refractivity contribution is 7.84. The van der Waals surface area contributed by atoms with E-state index >= 15 is 0 Å². The van der Waals surface area contributed by atoms with E-state index in [0.717, 1.165) is 25.7 Å². The van der Waals surface area contributed by atoms with E-state index in [4.69, 9.17) is 31.9 Å². The van der Waals surface area contributed by atoms with Crippen molar-refractivity contribution in [3.8, 4) is 0 Å². The van der Waals surface area contributed by atoms with E-state index in [9.17, 15) is 9.59 Å². The Kier molecular flexibility index (Phi) is 32.7. The van der Waals surface area contributed by atoms with Gasteiger partial charge in [-0.05, 0) is 19.8 Å². The molecule has 2 rings (SSSR count). The lowest BCUT2D eigenvalue weighted by atomic mass is 10.0. The number of aromatic nitrogens is 2. The molecule has 1 unspecified atom stereocenters. The predicted molar refractivity (Wildman–Crippen MR) is 244 cm³/mol.